The Kier molecular flexibility index (Phi) is 4.66. The van der Waals surface area contributed by atoms with Gasteiger partial charge in [0.1, 0.15) is 0 Å². The third-order valence-electron chi connectivity index (χ3n) is 4.96. The van der Waals surface area contributed by atoms with E-state index in [0.717, 1.165) is 6.61 Å². The number of hydrogen-bond donors (Lipinski definition) is 1. The summed E-state index contributed by atoms with van der Waals surface area (Å²) < 4.78 is 6.15. The molecular weight excluding hydrogens is 242 g/mol. The van der Waals surface area contributed by atoms with Gasteiger partial charge in [0.25, 0.3) is 0 Å². The van der Waals surface area contributed by atoms with E-state index in [1.54, 1.807) is 0 Å². The first-order chi connectivity index (χ1) is 8.43. The van der Waals surface area contributed by atoms with Crippen molar-refractivity contribution in [2.45, 2.75) is 64.4 Å². The molecule has 2 rings (SSSR count). The maximum Gasteiger partial charge on any atom is 0.0714 e. The van der Waals surface area contributed by atoms with Crippen molar-refractivity contribution in [2.24, 2.45) is 11.3 Å². The smallest absolute Gasteiger partial charge is 0.0714 e. The van der Waals surface area contributed by atoms with Crippen molar-refractivity contribution in [3.8, 4) is 0 Å². The van der Waals surface area contributed by atoms with Crippen LogP contribution in [0.2, 0.25) is 0 Å². The topological polar surface area (TPSA) is 12.5 Å². The first kappa shape index (κ1) is 14.7. The summed E-state index contributed by atoms with van der Waals surface area (Å²) in [6.45, 7) is 12.5. The van der Waals surface area contributed by atoms with Gasteiger partial charge in [0.2, 0.25) is 0 Å². The van der Waals surface area contributed by atoms with Gasteiger partial charge in [-0.25, -0.2) is 0 Å². The zero-order chi connectivity index (χ0) is 13.3. The third kappa shape index (κ3) is 3.05. The van der Waals surface area contributed by atoms with Crippen LogP contribution in [0.4, 0.5) is 0 Å². The number of ether oxygens (including phenoxy) is 1. The molecule has 0 aromatic carbocycles. The van der Waals surface area contributed by atoms with E-state index in [2.05, 4.69) is 45.2 Å². The van der Waals surface area contributed by atoms with E-state index in [-0.39, 0.29) is 0 Å². The lowest BCUT2D eigenvalue weighted by Gasteiger charge is -2.49. The van der Waals surface area contributed by atoms with Crippen LogP contribution in [0, 0.1) is 11.3 Å². The molecule has 3 unspecified atom stereocenters. The van der Waals surface area contributed by atoms with Crippen molar-refractivity contribution in [1.82, 2.24) is 4.90 Å². The minimum absolute atomic E-state index is 0.349. The molecule has 2 fully saturated rings. The van der Waals surface area contributed by atoms with Crippen LogP contribution in [0.25, 0.3) is 0 Å². The second-order valence-electron chi connectivity index (χ2n) is 6.83. The molecule has 0 bridgehead atoms. The molecule has 1 spiro atoms. The Balaban J connectivity index is 1.92. The van der Waals surface area contributed by atoms with Crippen LogP contribution in [0.15, 0.2) is 0 Å². The number of hydrogen-bond acceptors (Lipinski definition) is 3. The fourth-order valence-electron chi connectivity index (χ4n) is 3.77. The Bertz CT molecular complexity index is 266. The maximum atomic E-state index is 6.15. The van der Waals surface area contributed by atoms with E-state index in [9.17, 15) is 0 Å². The Morgan fingerprint density at radius 1 is 1.22 bits per heavy atom. The van der Waals surface area contributed by atoms with Crippen molar-refractivity contribution >= 4 is 12.6 Å². The van der Waals surface area contributed by atoms with Gasteiger partial charge in [0.15, 0.2) is 0 Å². The molecule has 0 saturated carbocycles. The van der Waals surface area contributed by atoms with Crippen LogP contribution in [-0.2, 0) is 4.74 Å². The maximum absolute atomic E-state index is 6.15. The highest BCUT2D eigenvalue weighted by atomic mass is 32.1. The summed E-state index contributed by atoms with van der Waals surface area (Å²) in [6.07, 6.45) is 4.29. The molecule has 18 heavy (non-hydrogen) atoms. The molecule has 0 radical (unpaired) electrons. The van der Waals surface area contributed by atoms with Gasteiger partial charge in [-0.05, 0) is 57.5 Å². The summed E-state index contributed by atoms with van der Waals surface area (Å²) in [6, 6.07) is 0.689. The van der Waals surface area contributed by atoms with Crippen molar-refractivity contribution in [3.05, 3.63) is 0 Å². The quantitative estimate of drug-likeness (QED) is 0.774. The van der Waals surface area contributed by atoms with Gasteiger partial charge in [0, 0.05) is 11.3 Å². The predicted octanol–water partition coefficient (Wildman–Crippen LogP) is 3.22. The van der Waals surface area contributed by atoms with Gasteiger partial charge >= 0.3 is 0 Å². The lowest BCUT2D eigenvalue weighted by molar-refractivity contribution is -0.114. The largest absolute Gasteiger partial charge is 0.376 e. The predicted molar refractivity (Wildman–Crippen MR) is 80.3 cm³/mol. The Labute approximate surface area is 118 Å². The van der Waals surface area contributed by atoms with Crippen molar-refractivity contribution in [2.75, 3.05) is 19.7 Å². The van der Waals surface area contributed by atoms with E-state index < -0.39 is 0 Å². The molecule has 0 amide bonds. The molecule has 0 aliphatic carbocycles. The van der Waals surface area contributed by atoms with E-state index in [1.165, 1.54) is 32.4 Å². The average Bonchev–Trinajstić information content (AvgIpc) is 2.29. The average molecular weight is 271 g/mol. The van der Waals surface area contributed by atoms with Crippen molar-refractivity contribution in [1.29, 1.82) is 0 Å². The summed E-state index contributed by atoms with van der Waals surface area (Å²) >= 11 is 4.56. The van der Waals surface area contributed by atoms with E-state index >= 15 is 0 Å². The van der Waals surface area contributed by atoms with Gasteiger partial charge in [-0.3, -0.25) is 0 Å². The fourth-order valence-corrected chi connectivity index (χ4v) is 4.15. The standard InChI is InChI=1S/C15H29NOS/c1-11(2)16-7-5-15(6-8-16)9-12(3)14(13(4)18)17-10-15/h11-14,18H,5-10H2,1-4H3. The zero-order valence-corrected chi connectivity index (χ0v) is 13.2. The monoisotopic (exact) mass is 271 g/mol. The molecule has 2 nitrogen and oxygen atoms in total. The summed E-state index contributed by atoms with van der Waals surface area (Å²) in [5.41, 5.74) is 0.462. The molecule has 106 valence electrons. The molecule has 2 aliphatic rings. The molecule has 0 aromatic heterocycles. The van der Waals surface area contributed by atoms with Gasteiger partial charge in [0.05, 0.1) is 12.7 Å². The minimum Gasteiger partial charge on any atom is -0.376 e. The molecular formula is C15H29NOS. The molecule has 2 heterocycles. The molecule has 2 saturated heterocycles. The molecule has 2 aliphatic heterocycles. The number of piperidine rings is 1. The first-order valence-electron chi connectivity index (χ1n) is 7.47. The second kappa shape index (κ2) is 5.72. The van der Waals surface area contributed by atoms with Gasteiger partial charge in [-0.2, -0.15) is 12.6 Å². The summed E-state index contributed by atoms with van der Waals surface area (Å²) in [4.78, 5) is 2.60. The lowest BCUT2D eigenvalue weighted by Crippen LogP contribution is -2.50. The summed E-state index contributed by atoms with van der Waals surface area (Å²) in [7, 11) is 0. The van der Waals surface area contributed by atoms with Gasteiger partial charge in [-0.1, -0.05) is 13.8 Å². The second-order valence-corrected chi connectivity index (χ2v) is 7.64. The first-order valence-corrected chi connectivity index (χ1v) is 7.99. The minimum atomic E-state index is 0.349. The zero-order valence-electron chi connectivity index (χ0n) is 12.4. The van der Waals surface area contributed by atoms with Crippen molar-refractivity contribution in [3.63, 3.8) is 0 Å². The number of nitrogens with zero attached hydrogens (tertiary/aromatic N) is 1. The highest BCUT2D eigenvalue weighted by Crippen LogP contribution is 2.44. The van der Waals surface area contributed by atoms with Crippen LogP contribution in [0.3, 0.4) is 0 Å². The van der Waals surface area contributed by atoms with Crippen molar-refractivity contribution < 1.29 is 4.74 Å². The van der Waals surface area contributed by atoms with Crippen LogP contribution in [-0.4, -0.2) is 42.0 Å². The highest BCUT2D eigenvalue weighted by molar-refractivity contribution is 7.81. The number of thiol groups is 1. The Hall–Kier alpha value is 0.270. The van der Waals surface area contributed by atoms with Gasteiger partial charge < -0.3 is 9.64 Å². The van der Waals surface area contributed by atoms with Crippen LogP contribution in [0.1, 0.15) is 47.0 Å². The molecule has 0 N–H and O–H groups in total. The van der Waals surface area contributed by atoms with Crippen LogP contribution >= 0.6 is 12.6 Å². The Morgan fingerprint density at radius 3 is 2.28 bits per heavy atom. The fraction of sp³-hybridized carbons (Fsp3) is 1.00. The SMILES string of the molecule is CC(S)C1OCC2(CCN(C(C)C)CC2)CC1C. The molecule has 3 heteroatoms. The van der Waals surface area contributed by atoms with E-state index in [4.69, 9.17) is 4.74 Å². The van der Waals surface area contributed by atoms with E-state index in [0.29, 0.717) is 28.7 Å². The Morgan fingerprint density at radius 2 is 1.83 bits per heavy atom. The normalized spacial score (nSPS) is 35.0. The highest BCUT2D eigenvalue weighted by Gasteiger charge is 2.43. The van der Waals surface area contributed by atoms with Gasteiger partial charge in [-0.15, -0.1) is 0 Å². The molecule has 0 aromatic rings. The molecule has 3 atom stereocenters. The number of rotatable bonds is 2. The van der Waals surface area contributed by atoms with Crippen LogP contribution in [0.5, 0.6) is 0 Å². The lowest BCUT2D eigenvalue weighted by atomic mass is 9.70. The summed E-state index contributed by atoms with van der Waals surface area (Å²) in [5.74, 6) is 0.650. The summed E-state index contributed by atoms with van der Waals surface area (Å²) in [5, 5.41) is 0.355. The third-order valence-corrected chi connectivity index (χ3v) is 5.26. The number of likely N-dealkylation sites (tertiary alicyclic amines) is 1. The van der Waals surface area contributed by atoms with E-state index in [1.807, 2.05) is 0 Å². The van der Waals surface area contributed by atoms with Crippen LogP contribution < -0.4 is 0 Å².